The first kappa shape index (κ1) is 29.5. The number of para-hydroxylation sites is 1. The second kappa shape index (κ2) is 10.8. The van der Waals surface area contributed by atoms with Gasteiger partial charge in [0.2, 0.25) is 0 Å². The number of thiophene rings is 1. The molecule has 2 nitrogen and oxygen atoms in total. The van der Waals surface area contributed by atoms with Crippen molar-refractivity contribution in [3.05, 3.63) is 176 Å². The van der Waals surface area contributed by atoms with Gasteiger partial charge in [0.05, 0.1) is 11.0 Å². The molecule has 3 aromatic heterocycles. The molecule has 55 heavy (non-hydrogen) atoms. The van der Waals surface area contributed by atoms with E-state index in [-0.39, 0.29) is 0 Å². The van der Waals surface area contributed by atoms with E-state index < -0.39 is 0 Å². The monoisotopic (exact) mass is 715 g/mol. The first-order valence-electron chi connectivity index (χ1n) is 18.8. The zero-order valence-corrected chi connectivity index (χ0v) is 30.3. The van der Waals surface area contributed by atoms with Crippen LogP contribution in [-0.2, 0) is 0 Å². The second-order valence-corrected chi connectivity index (χ2v) is 15.9. The van der Waals surface area contributed by atoms with Crippen LogP contribution in [0.2, 0.25) is 0 Å². The zero-order valence-electron chi connectivity index (χ0n) is 29.5. The Balaban J connectivity index is 0.969. The third kappa shape index (κ3) is 4.08. The minimum Gasteiger partial charge on any atom is -0.455 e. The number of furan rings is 1. The Labute approximate surface area is 318 Å². The molecule has 3 heterocycles. The van der Waals surface area contributed by atoms with Crippen molar-refractivity contribution >= 4 is 118 Å². The molecule has 13 rings (SSSR count). The van der Waals surface area contributed by atoms with E-state index in [1.165, 1.54) is 96.5 Å². The highest BCUT2D eigenvalue weighted by Gasteiger charge is 2.18. The van der Waals surface area contributed by atoms with Crippen LogP contribution in [0.25, 0.3) is 124 Å². The van der Waals surface area contributed by atoms with Crippen molar-refractivity contribution in [3.8, 4) is 16.8 Å². The summed E-state index contributed by atoms with van der Waals surface area (Å²) in [6, 6.07) is 64.8. The third-order valence-corrected chi connectivity index (χ3v) is 13.1. The SMILES string of the molecule is c1ccc2c(c1)sc1ccc(-n3c4ccccc4c4cc(-c5ccc6c(ccc7c8cc9c%10ccccc%10c%10ccccc%10c9cc8oc67)c5)ccc43)cc12. The van der Waals surface area contributed by atoms with Crippen molar-refractivity contribution in [3.63, 3.8) is 0 Å². The molecule has 0 aliphatic heterocycles. The molecule has 0 saturated heterocycles. The third-order valence-electron chi connectivity index (χ3n) is 11.9. The molecule has 0 radical (unpaired) electrons. The number of fused-ring (bicyclic) bond motifs is 17. The average Bonchev–Trinajstić information content (AvgIpc) is 3.92. The highest BCUT2D eigenvalue weighted by Crippen LogP contribution is 2.43. The predicted molar refractivity (Wildman–Crippen MR) is 236 cm³/mol. The maximum Gasteiger partial charge on any atom is 0.143 e. The van der Waals surface area contributed by atoms with Crippen LogP contribution in [0.4, 0.5) is 0 Å². The van der Waals surface area contributed by atoms with Crippen LogP contribution in [0.3, 0.4) is 0 Å². The number of hydrogen-bond acceptors (Lipinski definition) is 2. The van der Waals surface area contributed by atoms with Gasteiger partial charge in [-0.2, -0.15) is 0 Å². The van der Waals surface area contributed by atoms with Crippen LogP contribution in [0, 0.1) is 0 Å². The van der Waals surface area contributed by atoms with Gasteiger partial charge in [-0.1, -0.05) is 103 Å². The first-order chi connectivity index (χ1) is 27.2. The first-order valence-corrected chi connectivity index (χ1v) is 19.6. The molecule has 0 N–H and O–H groups in total. The lowest BCUT2D eigenvalue weighted by atomic mass is 9.93. The number of rotatable bonds is 2. The maximum atomic E-state index is 6.77. The Bertz CT molecular complexity index is 3780. The van der Waals surface area contributed by atoms with Gasteiger partial charge in [-0.15, -0.1) is 11.3 Å². The van der Waals surface area contributed by atoms with Crippen molar-refractivity contribution in [1.29, 1.82) is 0 Å². The minimum absolute atomic E-state index is 0.924. The van der Waals surface area contributed by atoms with E-state index in [0.717, 1.165) is 27.3 Å². The summed E-state index contributed by atoms with van der Waals surface area (Å²) in [6.45, 7) is 0. The number of nitrogens with zero attached hydrogens (tertiary/aromatic N) is 1. The Kier molecular flexibility index (Phi) is 5.80. The molecule has 0 amide bonds. The molecule has 10 aromatic carbocycles. The van der Waals surface area contributed by atoms with Crippen LogP contribution in [0.15, 0.2) is 180 Å². The van der Waals surface area contributed by atoms with E-state index in [1.807, 2.05) is 11.3 Å². The van der Waals surface area contributed by atoms with Crippen LogP contribution < -0.4 is 0 Å². The molecule has 0 aliphatic carbocycles. The summed E-state index contributed by atoms with van der Waals surface area (Å²) in [7, 11) is 0. The Morgan fingerprint density at radius 2 is 0.964 bits per heavy atom. The molecular weight excluding hydrogens is 687 g/mol. The quantitative estimate of drug-likeness (QED) is 0.163. The fraction of sp³-hybridized carbons (Fsp3) is 0. The summed E-state index contributed by atoms with van der Waals surface area (Å²) >= 11 is 1.86. The van der Waals surface area contributed by atoms with E-state index in [4.69, 9.17) is 4.42 Å². The standard InChI is InChI=1S/C52H29NOS/c1-3-11-37-35(9-1)36-10-2-4-12-38(36)43-29-49-45(28-42(37)43)41-22-18-32-25-30(17-21-34(32)52(41)54-49)31-19-23-48-44(26-31)39-13-5-7-15-47(39)53(48)33-20-24-51-46(27-33)40-14-6-8-16-50(40)55-51/h1-29H. The number of hydrogen-bond donors (Lipinski definition) is 0. The summed E-state index contributed by atoms with van der Waals surface area (Å²) in [4.78, 5) is 0. The molecular formula is C52H29NOS. The summed E-state index contributed by atoms with van der Waals surface area (Å²) in [5.74, 6) is 0. The molecule has 0 aliphatic rings. The van der Waals surface area contributed by atoms with Crippen molar-refractivity contribution in [2.75, 3.05) is 0 Å². The summed E-state index contributed by atoms with van der Waals surface area (Å²) in [5.41, 5.74) is 7.87. The fourth-order valence-corrected chi connectivity index (χ4v) is 10.5. The lowest BCUT2D eigenvalue weighted by Gasteiger charge is -2.10. The van der Waals surface area contributed by atoms with Crippen molar-refractivity contribution < 1.29 is 4.42 Å². The summed E-state index contributed by atoms with van der Waals surface area (Å²) < 4.78 is 11.8. The Morgan fingerprint density at radius 3 is 1.78 bits per heavy atom. The van der Waals surface area contributed by atoms with E-state index in [2.05, 4.69) is 180 Å². The lowest BCUT2D eigenvalue weighted by Crippen LogP contribution is -1.93. The molecule has 0 fully saturated rings. The van der Waals surface area contributed by atoms with Gasteiger partial charge in [-0.05, 0) is 122 Å². The van der Waals surface area contributed by atoms with Gasteiger partial charge in [0, 0.05) is 52.8 Å². The van der Waals surface area contributed by atoms with Gasteiger partial charge >= 0.3 is 0 Å². The average molecular weight is 716 g/mol. The van der Waals surface area contributed by atoms with Gasteiger partial charge in [0.1, 0.15) is 11.2 Å². The summed E-state index contributed by atoms with van der Waals surface area (Å²) in [6.07, 6.45) is 0. The summed E-state index contributed by atoms with van der Waals surface area (Å²) in [5, 5.41) is 17.3. The van der Waals surface area contributed by atoms with Crippen LogP contribution in [0.1, 0.15) is 0 Å². The van der Waals surface area contributed by atoms with Crippen molar-refractivity contribution in [2.24, 2.45) is 0 Å². The highest BCUT2D eigenvalue weighted by atomic mass is 32.1. The van der Waals surface area contributed by atoms with Gasteiger partial charge < -0.3 is 8.98 Å². The van der Waals surface area contributed by atoms with E-state index in [9.17, 15) is 0 Å². The highest BCUT2D eigenvalue weighted by molar-refractivity contribution is 7.25. The minimum atomic E-state index is 0.924. The van der Waals surface area contributed by atoms with E-state index in [0.29, 0.717) is 0 Å². The zero-order chi connectivity index (χ0) is 35.8. The van der Waals surface area contributed by atoms with E-state index >= 15 is 0 Å². The second-order valence-electron chi connectivity index (χ2n) is 14.8. The van der Waals surface area contributed by atoms with Crippen LogP contribution in [0.5, 0.6) is 0 Å². The number of benzene rings is 10. The predicted octanol–water partition coefficient (Wildman–Crippen LogP) is 15.3. The fourth-order valence-electron chi connectivity index (χ4n) is 9.42. The topological polar surface area (TPSA) is 18.1 Å². The molecule has 254 valence electrons. The van der Waals surface area contributed by atoms with Crippen LogP contribution >= 0.6 is 11.3 Å². The number of aromatic nitrogens is 1. The Morgan fingerprint density at radius 1 is 0.345 bits per heavy atom. The van der Waals surface area contributed by atoms with Gasteiger partial charge in [0.25, 0.3) is 0 Å². The largest absolute Gasteiger partial charge is 0.455 e. The van der Waals surface area contributed by atoms with Gasteiger partial charge in [-0.25, -0.2) is 0 Å². The molecule has 0 bridgehead atoms. The smallest absolute Gasteiger partial charge is 0.143 e. The maximum absolute atomic E-state index is 6.77. The molecule has 0 saturated carbocycles. The molecule has 3 heteroatoms. The molecule has 0 atom stereocenters. The lowest BCUT2D eigenvalue weighted by molar-refractivity contribution is 0.673. The Hall–Kier alpha value is -6.94. The van der Waals surface area contributed by atoms with Crippen molar-refractivity contribution in [2.45, 2.75) is 0 Å². The molecule has 0 unspecified atom stereocenters. The normalized spacial score (nSPS) is 12.4. The van der Waals surface area contributed by atoms with Crippen molar-refractivity contribution in [1.82, 2.24) is 4.57 Å². The molecule has 13 aromatic rings. The van der Waals surface area contributed by atoms with E-state index in [1.54, 1.807) is 0 Å². The van der Waals surface area contributed by atoms with Gasteiger partial charge in [-0.3, -0.25) is 0 Å². The molecule has 0 spiro atoms. The van der Waals surface area contributed by atoms with Crippen LogP contribution in [-0.4, -0.2) is 4.57 Å². The van der Waals surface area contributed by atoms with Gasteiger partial charge in [0.15, 0.2) is 0 Å².